The number of nitrogens with zero attached hydrogens (tertiary/aromatic N) is 5. The first-order chi connectivity index (χ1) is 15.5. The molecule has 1 aliphatic heterocycles. The number of alkyl halides is 3. The van der Waals surface area contributed by atoms with E-state index in [1.807, 2.05) is 0 Å². The number of rotatable bonds is 5. The second-order valence-electron chi connectivity index (χ2n) is 6.44. The molecule has 33 heavy (non-hydrogen) atoms. The van der Waals surface area contributed by atoms with E-state index in [9.17, 15) is 27.6 Å². The first kappa shape index (κ1) is 23.6. The minimum Gasteiger partial charge on any atom is -0.468 e. The highest BCUT2D eigenvalue weighted by molar-refractivity contribution is 6.30. The van der Waals surface area contributed by atoms with Crippen LogP contribution < -0.4 is 10.3 Å². The van der Waals surface area contributed by atoms with Gasteiger partial charge in [-0.05, 0) is 24.3 Å². The van der Waals surface area contributed by atoms with E-state index in [0.717, 1.165) is 29.9 Å². The molecule has 1 aromatic carbocycles. The highest BCUT2D eigenvalue weighted by Gasteiger charge is 2.39. The van der Waals surface area contributed by atoms with E-state index >= 15 is 0 Å². The Kier molecular flexibility index (Phi) is 6.59. The second-order valence-corrected chi connectivity index (χ2v) is 6.88. The topological polar surface area (TPSA) is 136 Å². The van der Waals surface area contributed by atoms with Crippen molar-refractivity contribution in [3.05, 3.63) is 62.9 Å². The van der Waals surface area contributed by atoms with E-state index in [4.69, 9.17) is 21.6 Å². The number of methoxy groups -OCH3 is 1. The van der Waals surface area contributed by atoms with Gasteiger partial charge in [-0.3, -0.25) is 19.0 Å². The van der Waals surface area contributed by atoms with Gasteiger partial charge in [0.15, 0.2) is 11.6 Å². The minimum absolute atomic E-state index is 0.00637. The van der Waals surface area contributed by atoms with Crippen molar-refractivity contribution >= 4 is 23.5 Å². The summed E-state index contributed by atoms with van der Waals surface area (Å²) in [6.45, 7) is -0.483. The summed E-state index contributed by atoms with van der Waals surface area (Å²) in [7, 11) is 1.05. The second kappa shape index (κ2) is 9.21. The van der Waals surface area contributed by atoms with E-state index in [-0.39, 0.29) is 22.0 Å². The van der Waals surface area contributed by atoms with E-state index in [0.29, 0.717) is 6.33 Å². The van der Waals surface area contributed by atoms with Crippen LogP contribution in [0.1, 0.15) is 11.3 Å². The third kappa shape index (κ3) is 5.24. The van der Waals surface area contributed by atoms with E-state index < -0.39 is 47.5 Å². The van der Waals surface area contributed by atoms with Crippen LogP contribution in [0.5, 0.6) is 11.5 Å². The standard InChI is InChI=1S/C19H11ClF3N5O5/c1-32-18(31)13-5-11(26-27-16(13)29)7-28-8-25-15(19(21,22)23)14(17(28)30)33-12-3-9(6-24)2-10(20)4-12/h2-5,8,13H,7H2,1H3. The monoisotopic (exact) mass is 481 g/mol. The number of amides is 1. The van der Waals surface area contributed by atoms with Crippen LogP contribution in [0.2, 0.25) is 5.02 Å². The van der Waals surface area contributed by atoms with Gasteiger partial charge in [0.05, 0.1) is 37.3 Å². The molecule has 1 aliphatic rings. The van der Waals surface area contributed by atoms with Crippen molar-refractivity contribution in [2.75, 3.05) is 7.11 Å². The molecule has 0 N–H and O–H groups in total. The molecule has 3 rings (SSSR count). The number of aromatic nitrogens is 2. The summed E-state index contributed by atoms with van der Waals surface area (Å²) in [6.07, 6.45) is -3.37. The summed E-state index contributed by atoms with van der Waals surface area (Å²) < 4.78 is 50.8. The van der Waals surface area contributed by atoms with Crippen LogP contribution >= 0.6 is 11.6 Å². The third-order valence-corrected chi connectivity index (χ3v) is 4.39. The number of halogens is 4. The first-order valence-corrected chi connectivity index (χ1v) is 9.20. The van der Waals surface area contributed by atoms with Crippen molar-refractivity contribution in [3.63, 3.8) is 0 Å². The highest BCUT2D eigenvalue weighted by Crippen LogP contribution is 2.35. The number of allylic oxidation sites excluding steroid dienone is 1. The summed E-state index contributed by atoms with van der Waals surface area (Å²) in [5.74, 6) is -4.71. The minimum atomic E-state index is -5.05. The smallest absolute Gasteiger partial charge is 0.437 e. The van der Waals surface area contributed by atoms with Crippen LogP contribution in [-0.4, -0.2) is 28.5 Å². The van der Waals surface area contributed by atoms with Gasteiger partial charge in [-0.15, -0.1) is 5.11 Å². The number of hydrogen-bond donors (Lipinski definition) is 0. The molecule has 1 unspecified atom stereocenters. The van der Waals surface area contributed by atoms with E-state index in [1.165, 1.54) is 6.07 Å². The number of benzene rings is 1. The maximum Gasteiger partial charge on any atom is 0.437 e. The van der Waals surface area contributed by atoms with E-state index in [1.54, 1.807) is 6.07 Å². The molecule has 0 fully saturated rings. The zero-order valence-electron chi connectivity index (χ0n) is 16.5. The van der Waals surface area contributed by atoms with Gasteiger partial charge < -0.3 is 9.47 Å². The van der Waals surface area contributed by atoms with Crippen LogP contribution in [0.4, 0.5) is 13.2 Å². The van der Waals surface area contributed by atoms with Gasteiger partial charge in [-0.25, -0.2) is 4.98 Å². The summed E-state index contributed by atoms with van der Waals surface area (Å²) in [6, 6.07) is 5.21. The van der Waals surface area contributed by atoms with Crippen molar-refractivity contribution in [1.82, 2.24) is 9.55 Å². The lowest BCUT2D eigenvalue weighted by Crippen LogP contribution is -2.28. The molecule has 2 aromatic rings. The normalized spacial score (nSPS) is 15.6. The van der Waals surface area contributed by atoms with Gasteiger partial charge in [-0.1, -0.05) is 11.6 Å². The fraction of sp³-hybridized carbons (Fsp3) is 0.211. The molecule has 1 aromatic heterocycles. The van der Waals surface area contributed by atoms with Crippen LogP contribution in [0.25, 0.3) is 0 Å². The summed E-state index contributed by atoms with van der Waals surface area (Å²) in [4.78, 5) is 39.5. The maximum atomic E-state index is 13.5. The van der Waals surface area contributed by atoms with Gasteiger partial charge >= 0.3 is 12.1 Å². The quantitative estimate of drug-likeness (QED) is 0.472. The molecule has 0 radical (unpaired) electrons. The Morgan fingerprint density at radius 3 is 2.64 bits per heavy atom. The number of carbonyl (C=O) groups excluding carboxylic acids is 2. The highest BCUT2D eigenvalue weighted by atomic mass is 35.5. The van der Waals surface area contributed by atoms with Gasteiger partial charge in [0.25, 0.3) is 11.5 Å². The third-order valence-electron chi connectivity index (χ3n) is 4.17. The number of esters is 1. The number of nitriles is 1. The molecule has 0 saturated carbocycles. The first-order valence-electron chi connectivity index (χ1n) is 8.82. The zero-order chi connectivity index (χ0) is 24.3. The lowest BCUT2D eigenvalue weighted by molar-refractivity contribution is -0.147. The molecule has 170 valence electrons. The molecule has 0 bridgehead atoms. The van der Waals surface area contributed by atoms with Crippen molar-refractivity contribution in [3.8, 4) is 17.6 Å². The summed E-state index contributed by atoms with van der Waals surface area (Å²) in [5, 5.41) is 15.8. The van der Waals surface area contributed by atoms with Gasteiger partial charge in [-0.2, -0.15) is 23.5 Å². The Morgan fingerprint density at radius 2 is 2.00 bits per heavy atom. The molecule has 0 saturated heterocycles. The fourth-order valence-corrected chi connectivity index (χ4v) is 2.93. The van der Waals surface area contributed by atoms with Crippen LogP contribution in [0, 0.1) is 17.2 Å². The average molecular weight is 482 g/mol. The Labute approximate surface area is 187 Å². The van der Waals surface area contributed by atoms with Gasteiger partial charge in [0.1, 0.15) is 5.75 Å². The Bertz CT molecular complexity index is 1300. The largest absolute Gasteiger partial charge is 0.468 e. The molecule has 0 aliphatic carbocycles. The summed E-state index contributed by atoms with van der Waals surface area (Å²) >= 11 is 5.84. The number of hydrogen-bond acceptors (Lipinski definition) is 8. The fourth-order valence-electron chi connectivity index (χ4n) is 2.71. The molecule has 10 nitrogen and oxygen atoms in total. The predicted octanol–water partition coefficient (Wildman–Crippen LogP) is 3.24. The van der Waals surface area contributed by atoms with Crippen LogP contribution in [-0.2, 0) is 27.0 Å². The zero-order valence-corrected chi connectivity index (χ0v) is 17.2. The Balaban J connectivity index is 2.04. The molecular weight excluding hydrogens is 471 g/mol. The Morgan fingerprint density at radius 1 is 1.27 bits per heavy atom. The van der Waals surface area contributed by atoms with Gasteiger partial charge in [0.2, 0.25) is 5.75 Å². The SMILES string of the molecule is COC(=O)C1C=C(Cn2cnc(C(F)(F)F)c(Oc3cc(Cl)cc(C#N)c3)c2=O)N=NC1=O. The molecule has 14 heteroatoms. The number of azo groups is 1. The molecule has 1 amide bonds. The Hall–Kier alpha value is -4.05. The number of carbonyl (C=O) groups is 2. The van der Waals surface area contributed by atoms with E-state index in [2.05, 4.69) is 19.9 Å². The predicted molar refractivity (Wildman–Crippen MR) is 103 cm³/mol. The molecule has 2 heterocycles. The van der Waals surface area contributed by atoms with Crippen molar-refractivity contribution in [1.29, 1.82) is 5.26 Å². The van der Waals surface area contributed by atoms with Crippen molar-refractivity contribution < 1.29 is 32.2 Å². The van der Waals surface area contributed by atoms with Gasteiger partial charge in [0, 0.05) is 5.02 Å². The maximum absolute atomic E-state index is 13.5. The van der Waals surface area contributed by atoms with Crippen molar-refractivity contribution in [2.24, 2.45) is 16.1 Å². The molecule has 0 spiro atoms. The van der Waals surface area contributed by atoms with Crippen LogP contribution in [0.3, 0.4) is 0 Å². The van der Waals surface area contributed by atoms with Crippen LogP contribution in [0.15, 0.2) is 51.3 Å². The lowest BCUT2D eigenvalue weighted by atomic mass is 10.1. The molecule has 1 atom stereocenters. The number of ether oxygens (including phenoxy) is 2. The summed E-state index contributed by atoms with van der Waals surface area (Å²) in [5.41, 5.74) is -2.95. The van der Waals surface area contributed by atoms with Crippen molar-refractivity contribution in [2.45, 2.75) is 12.7 Å². The lowest BCUT2D eigenvalue weighted by Gasteiger charge is -2.16. The average Bonchev–Trinajstić information content (AvgIpc) is 2.75. The molecular formula is C19H11ClF3N5O5.